The van der Waals surface area contributed by atoms with Crippen LogP contribution in [-0.4, -0.2) is 43.3 Å². The van der Waals surface area contributed by atoms with Crippen molar-refractivity contribution in [1.82, 2.24) is 0 Å². The number of aliphatic hydroxyl groups is 1. The first-order valence-corrected chi connectivity index (χ1v) is 11.1. The van der Waals surface area contributed by atoms with Gasteiger partial charge < -0.3 is 24.2 Å². The zero-order valence-electron chi connectivity index (χ0n) is 19.4. The number of anilines is 1. The third kappa shape index (κ3) is 6.99. The molecule has 0 aromatic heterocycles. The topological polar surface area (TPSA) is 51.2 Å². The van der Waals surface area contributed by atoms with Crippen LogP contribution in [0.4, 0.5) is 45.2 Å². The molecule has 1 aliphatic rings. The zero-order chi connectivity index (χ0) is 28.6. The van der Waals surface area contributed by atoms with E-state index in [4.69, 9.17) is 4.74 Å². The number of fused-ring (bicyclic) bond motifs is 1. The van der Waals surface area contributed by atoms with Gasteiger partial charge in [-0.2, -0.15) is 13.2 Å². The Morgan fingerprint density at radius 2 is 1.41 bits per heavy atom. The van der Waals surface area contributed by atoms with Crippen LogP contribution in [0.2, 0.25) is 0 Å². The number of β-amino-alcohol motifs (C(OH)–C–C–N with tert-alkyl or cyclic N) is 1. The van der Waals surface area contributed by atoms with Gasteiger partial charge >= 0.3 is 18.9 Å². The average Bonchev–Trinajstić information content (AvgIpc) is 2.81. The van der Waals surface area contributed by atoms with Gasteiger partial charge in [-0.05, 0) is 41.5 Å². The van der Waals surface area contributed by atoms with E-state index in [1.807, 2.05) is 0 Å². The first-order valence-electron chi connectivity index (χ1n) is 11.1. The summed E-state index contributed by atoms with van der Waals surface area (Å²) in [6.45, 7) is -1.39. The Kier molecular flexibility index (Phi) is 7.52. The summed E-state index contributed by atoms with van der Waals surface area (Å²) >= 11 is 0. The van der Waals surface area contributed by atoms with Crippen LogP contribution in [0.5, 0.6) is 17.2 Å². The van der Waals surface area contributed by atoms with Crippen LogP contribution in [0.25, 0.3) is 11.1 Å². The van der Waals surface area contributed by atoms with Crippen LogP contribution >= 0.6 is 0 Å². The van der Waals surface area contributed by atoms with Crippen molar-refractivity contribution in [2.75, 3.05) is 18.1 Å². The summed E-state index contributed by atoms with van der Waals surface area (Å²) in [5, 5.41) is 9.86. The fourth-order valence-electron chi connectivity index (χ4n) is 4.12. The largest absolute Gasteiger partial charge is 0.573 e. The lowest BCUT2D eigenvalue weighted by atomic mass is 9.98. The smallest absolute Gasteiger partial charge is 0.488 e. The van der Waals surface area contributed by atoms with Crippen LogP contribution in [0, 0.1) is 0 Å². The van der Waals surface area contributed by atoms with Gasteiger partial charge in [-0.25, -0.2) is 0 Å². The standard InChI is InChI=1S/C25H18F9NO4/c26-23(27,28)21(36)12-35-19-9-3-8-18(14-4-1-6-16(10-14)38-24(29,30)31)22(19)37-13-20(35)15-5-2-7-17(11-15)39-25(32,33)34/h1-11,20-21,36H,12-13H2/t20-,21-/m1/s1. The summed E-state index contributed by atoms with van der Waals surface area (Å²) in [4.78, 5) is 1.11. The third-order valence-corrected chi connectivity index (χ3v) is 5.67. The predicted octanol–water partition coefficient (Wildman–Crippen LogP) is 7.01. The second kappa shape index (κ2) is 10.4. The van der Waals surface area contributed by atoms with Crippen molar-refractivity contribution in [3.05, 3.63) is 72.3 Å². The molecule has 5 nitrogen and oxygen atoms in total. The Bertz CT molecular complexity index is 1310. The van der Waals surface area contributed by atoms with Crippen molar-refractivity contribution in [1.29, 1.82) is 0 Å². The summed E-state index contributed by atoms with van der Waals surface area (Å²) < 4.78 is 130. The van der Waals surface area contributed by atoms with E-state index in [-0.39, 0.29) is 34.7 Å². The number of para-hydroxylation sites is 1. The summed E-state index contributed by atoms with van der Waals surface area (Å²) in [6, 6.07) is 12.5. The molecule has 0 aliphatic carbocycles. The van der Waals surface area contributed by atoms with Gasteiger partial charge in [0.05, 0.1) is 18.3 Å². The number of nitrogens with zero attached hydrogens (tertiary/aromatic N) is 1. The molecular formula is C25H18F9NO4. The molecule has 4 rings (SSSR count). The van der Waals surface area contributed by atoms with Gasteiger partial charge in [-0.15, -0.1) is 26.3 Å². The van der Waals surface area contributed by atoms with Crippen LogP contribution in [0.15, 0.2) is 66.7 Å². The van der Waals surface area contributed by atoms with E-state index in [1.54, 1.807) is 0 Å². The quantitative estimate of drug-likeness (QED) is 0.325. The highest BCUT2D eigenvalue weighted by atomic mass is 19.4. The summed E-state index contributed by atoms with van der Waals surface area (Å²) in [5.41, 5.74) is 0.516. The molecule has 1 N–H and O–H groups in total. The number of ether oxygens (including phenoxy) is 3. The minimum Gasteiger partial charge on any atom is -0.488 e. The number of hydrogen-bond acceptors (Lipinski definition) is 5. The first-order chi connectivity index (χ1) is 18.1. The van der Waals surface area contributed by atoms with Gasteiger partial charge in [-0.3, -0.25) is 0 Å². The lowest BCUT2D eigenvalue weighted by Gasteiger charge is -2.41. The van der Waals surface area contributed by atoms with E-state index in [0.29, 0.717) is 0 Å². The van der Waals surface area contributed by atoms with E-state index >= 15 is 0 Å². The molecule has 0 spiro atoms. The second-order valence-corrected chi connectivity index (χ2v) is 8.39. The zero-order valence-corrected chi connectivity index (χ0v) is 19.4. The number of aliphatic hydroxyl groups excluding tert-OH is 1. The second-order valence-electron chi connectivity index (χ2n) is 8.39. The molecule has 2 atom stereocenters. The fourth-order valence-corrected chi connectivity index (χ4v) is 4.12. The lowest BCUT2D eigenvalue weighted by molar-refractivity contribution is -0.275. The number of alkyl halides is 9. The van der Waals surface area contributed by atoms with Crippen molar-refractivity contribution < 1.29 is 58.8 Å². The monoisotopic (exact) mass is 567 g/mol. The molecule has 0 bridgehead atoms. The fraction of sp³-hybridized carbons (Fsp3) is 0.280. The Hall–Kier alpha value is -3.81. The Morgan fingerprint density at radius 1 is 0.821 bits per heavy atom. The molecule has 0 saturated heterocycles. The molecule has 0 saturated carbocycles. The number of hydrogen-bond donors (Lipinski definition) is 1. The molecular weight excluding hydrogens is 549 g/mol. The number of rotatable bonds is 6. The molecule has 1 aliphatic heterocycles. The molecule has 39 heavy (non-hydrogen) atoms. The van der Waals surface area contributed by atoms with Gasteiger partial charge in [-0.1, -0.05) is 36.4 Å². The Morgan fingerprint density at radius 3 is 2.03 bits per heavy atom. The summed E-state index contributed by atoms with van der Waals surface area (Å²) in [7, 11) is 0. The molecule has 3 aromatic rings. The van der Waals surface area contributed by atoms with Crippen LogP contribution in [0.1, 0.15) is 11.6 Å². The third-order valence-electron chi connectivity index (χ3n) is 5.67. The number of benzene rings is 3. The average molecular weight is 567 g/mol. The molecule has 14 heteroatoms. The molecule has 1 heterocycles. The van der Waals surface area contributed by atoms with E-state index < -0.39 is 49.1 Å². The normalized spacial score (nSPS) is 16.8. The van der Waals surface area contributed by atoms with Crippen molar-refractivity contribution in [3.63, 3.8) is 0 Å². The van der Waals surface area contributed by atoms with Crippen molar-refractivity contribution >= 4 is 5.69 Å². The molecule has 210 valence electrons. The van der Waals surface area contributed by atoms with Gasteiger partial charge in [0, 0.05) is 5.56 Å². The highest BCUT2D eigenvalue weighted by Gasteiger charge is 2.42. The number of halogens is 9. The molecule has 0 radical (unpaired) electrons. The summed E-state index contributed by atoms with van der Waals surface area (Å²) in [6.07, 6.45) is -17.8. The lowest BCUT2D eigenvalue weighted by Crippen LogP contribution is -2.46. The predicted molar refractivity (Wildman–Crippen MR) is 119 cm³/mol. The molecule has 0 fully saturated rings. The van der Waals surface area contributed by atoms with Crippen LogP contribution < -0.4 is 19.1 Å². The van der Waals surface area contributed by atoms with E-state index in [1.165, 1.54) is 42.5 Å². The molecule has 3 aromatic carbocycles. The van der Waals surface area contributed by atoms with Gasteiger partial charge in [0.1, 0.15) is 18.1 Å². The van der Waals surface area contributed by atoms with Crippen molar-refractivity contribution in [3.8, 4) is 28.4 Å². The maximum atomic E-state index is 13.3. The summed E-state index contributed by atoms with van der Waals surface area (Å²) in [5.74, 6) is -1.16. The maximum Gasteiger partial charge on any atom is 0.573 e. The maximum absolute atomic E-state index is 13.3. The van der Waals surface area contributed by atoms with Gasteiger partial charge in [0.25, 0.3) is 0 Å². The molecule has 0 unspecified atom stereocenters. The van der Waals surface area contributed by atoms with Gasteiger partial charge in [0.15, 0.2) is 11.9 Å². The highest BCUT2D eigenvalue weighted by molar-refractivity contribution is 5.80. The van der Waals surface area contributed by atoms with Crippen molar-refractivity contribution in [2.24, 2.45) is 0 Å². The van der Waals surface area contributed by atoms with Crippen LogP contribution in [-0.2, 0) is 0 Å². The SMILES string of the molecule is O[C@H](CN1c2cccc(-c3cccc(OC(F)(F)F)c3)c2OC[C@@H]1c1cccc(OC(F)(F)F)c1)C(F)(F)F. The molecule has 0 amide bonds. The van der Waals surface area contributed by atoms with E-state index in [9.17, 15) is 44.6 Å². The minimum atomic E-state index is -5.02. The highest BCUT2D eigenvalue weighted by Crippen LogP contribution is 2.46. The first kappa shape index (κ1) is 28.2. The van der Waals surface area contributed by atoms with Crippen LogP contribution in [0.3, 0.4) is 0 Å². The Balaban J connectivity index is 1.77. The van der Waals surface area contributed by atoms with Crippen molar-refractivity contribution in [2.45, 2.75) is 31.0 Å². The Labute approximate surface area is 214 Å². The van der Waals surface area contributed by atoms with E-state index in [2.05, 4.69) is 9.47 Å². The van der Waals surface area contributed by atoms with Gasteiger partial charge in [0.2, 0.25) is 0 Å². The van der Waals surface area contributed by atoms with E-state index in [0.717, 1.165) is 29.2 Å². The minimum absolute atomic E-state index is 0.00465.